The van der Waals surface area contributed by atoms with Gasteiger partial charge in [0, 0.05) is 16.3 Å². The average Bonchev–Trinajstić information content (AvgIpc) is 3.08. The van der Waals surface area contributed by atoms with Crippen molar-refractivity contribution < 1.29 is 14.3 Å². The van der Waals surface area contributed by atoms with Crippen LogP contribution in [0.4, 0.5) is 11.4 Å². The number of hydrogen-bond donors (Lipinski definition) is 2. The standard InChI is InChI=1S/C25H21ClN2O3/c1-2-31-22(29)14-16-8-11-19(12-9-16)27-24(17-6-4-3-5-7-17)23-20-13-10-18(26)15-21(20)28-25(23)30/h3-13,15,27H,2,14H2,1H3,(H,28,30). The molecule has 156 valence electrons. The largest absolute Gasteiger partial charge is 0.466 e. The van der Waals surface area contributed by atoms with Gasteiger partial charge < -0.3 is 15.4 Å². The molecule has 4 rings (SSSR count). The minimum Gasteiger partial charge on any atom is -0.466 e. The van der Waals surface area contributed by atoms with Crippen LogP contribution in [0.2, 0.25) is 5.02 Å². The van der Waals surface area contributed by atoms with Gasteiger partial charge in [-0.15, -0.1) is 0 Å². The number of carbonyl (C=O) groups is 2. The molecule has 0 fully saturated rings. The highest BCUT2D eigenvalue weighted by Crippen LogP contribution is 2.38. The van der Waals surface area contributed by atoms with Crippen LogP contribution in [0.25, 0.3) is 11.3 Å². The van der Waals surface area contributed by atoms with Crippen molar-refractivity contribution in [2.45, 2.75) is 13.3 Å². The van der Waals surface area contributed by atoms with E-state index in [1.807, 2.05) is 60.7 Å². The Morgan fingerprint density at radius 2 is 1.77 bits per heavy atom. The Kier molecular flexibility index (Phi) is 6.05. The molecule has 5 nitrogen and oxygen atoms in total. The molecule has 0 bridgehead atoms. The number of esters is 1. The van der Waals surface area contributed by atoms with E-state index in [9.17, 15) is 9.59 Å². The second-order valence-electron chi connectivity index (χ2n) is 7.06. The van der Waals surface area contributed by atoms with Gasteiger partial charge in [0.15, 0.2) is 0 Å². The van der Waals surface area contributed by atoms with Crippen LogP contribution < -0.4 is 10.6 Å². The summed E-state index contributed by atoms with van der Waals surface area (Å²) < 4.78 is 5.00. The smallest absolute Gasteiger partial charge is 0.310 e. The van der Waals surface area contributed by atoms with Gasteiger partial charge in [0.05, 0.1) is 30.0 Å². The normalized spacial score (nSPS) is 13.9. The maximum atomic E-state index is 12.9. The van der Waals surface area contributed by atoms with E-state index in [4.69, 9.17) is 16.3 Å². The zero-order valence-electron chi connectivity index (χ0n) is 16.9. The van der Waals surface area contributed by atoms with Crippen LogP contribution >= 0.6 is 11.6 Å². The fourth-order valence-electron chi connectivity index (χ4n) is 3.51. The molecule has 1 amide bonds. The van der Waals surface area contributed by atoms with Gasteiger partial charge in [0.25, 0.3) is 5.91 Å². The summed E-state index contributed by atoms with van der Waals surface area (Å²) >= 11 is 6.10. The molecule has 0 aliphatic carbocycles. The topological polar surface area (TPSA) is 67.4 Å². The van der Waals surface area contributed by atoms with E-state index in [1.165, 1.54) is 0 Å². The number of nitrogens with one attached hydrogen (secondary N) is 2. The third-order valence-electron chi connectivity index (χ3n) is 4.92. The second kappa shape index (κ2) is 9.06. The fraction of sp³-hybridized carbons (Fsp3) is 0.120. The predicted octanol–water partition coefficient (Wildman–Crippen LogP) is 5.38. The lowest BCUT2D eigenvalue weighted by atomic mass is 10.00. The van der Waals surface area contributed by atoms with Crippen LogP contribution in [-0.4, -0.2) is 18.5 Å². The van der Waals surface area contributed by atoms with Crippen molar-refractivity contribution >= 4 is 46.1 Å². The second-order valence-corrected chi connectivity index (χ2v) is 7.50. The molecule has 1 aliphatic rings. The van der Waals surface area contributed by atoms with Crippen molar-refractivity contribution in [3.05, 3.63) is 94.5 Å². The minimum atomic E-state index is -0.256. The van der Waals surface area contributed by atoms with E-state index in [0.29, 0.717) is 28.6 Å². The van der Waals surface area contributed by atoms with Crippen molar-refractivity contribution in [3.8, 4) is 0 Å². The Balaban J connectivity index is 1.71. The lowest BCUT2D eigenvalue weighted by Gasteiger charge is -2.15. The summed E-state index contributed by atoms with van der Waals surface area (Å²) in [5, 5.41) is 6.85. The molecule has 0 atom stereocenters. The molecule has 0 aromatic heterocycles. The zero-order chi connectivity index (χ0) is 21.8. The number of ether oxygens (including phenoxy) is 1. The highest BCUT2D eigenvalue weighted by molar-refractivity contribution is 6.38. The Morgan fingerprint density at radius 1 is 1.03 bits per heavy atom. The number of amides is 1. The maximum absolute atomic E-state index is 12.9. The molecule has 31 heavy (non-hydrogen) atoms. The Bertz CT molecular complexity index is 1160. The molecule has 0 saturated heterocycles. The van der Waals surface area contributed by atoms with Crippen LogP contribution in [0.5, 0.6) is 0 Å². The van der Waals surface area contributed by atoms with Gasteiger partial charge in [0.2, 0.25) is 0 Å². The number of hydrogen-bond acceptors (Lipinski definition) is 4. The lowest BCUT2D eigenvalue weighted by Crippen LogP contribution is -2.10. The Hall–Kier alpha value is -3.57. The number of anilines is 2. The van der Waals surface area contributed by atoms with E-state index >= 15 is 0 Å². The van der Waals surface area contributed by atoms with Crippen molar-refractivity contribution in [2.24, 2.45) is 0 Å². The van der Waals surface area contributed by atoms with Crippen LogP contribution in [0.3, 0.4) is 0 Å². The van der Waals surface area contributed by atoms with Crippen LogP contribution in [0.1, 0.15) is 23.6 Å². The fourth-order valence-corrected chi connectivity index (χ4v) is 3.68. The summed E-state index contributed by atoms with van der Waals surface area (Å²) in [6.45, 7) is 2.15. The van der Waals surface area contributed by atoms with Crippen molar-refractivity contribution in [3.63, 3.8) is 0 Å². The van der Waals surface area contributed by atoms with Gasteiger partial charge >= 0.3 is 5.97 Å². The first-order chi connectivity index (χ1) is 15.0. The Labute approximate surface area is 185 Å². The molecule has 1 heterocycles. The summed E-state index contributed by atoms with van der Waals surface area (Å²) in [4.78, 5) is 24.6. The number of halogens is 1. The molecule has 1 aliphatic heterocycles. The van der Waals surface area contributed by atoms with Gasteiger partial charge in [-0.3, -0.25) is 9.59 Å². The van der Waals surface area contributed by atoms with E-state index < -0.39 is 0 Å². The van der Waals surface area contributed by atoms with E-state index in [-0.39, 0.29) is 18.3 Å². The van der Waals surface area contributed by atoms with Crippen LogP contribution in [0.15, 0.2) is 72.8 Å². The monoisotopic (exact) mass is 432 g/mol. The van der Waals surface area contributed by atoms with Crippen LogP contribution in [-0.2, 0) is 20.7 Å². The first kappa shape index (κ1) is 20.7. The van der Waals surface area contributed by atoms with Gasteiger partial charge in [-0.05, 0) is 42.3 Å². The minimum absolute atomic E-state index is 0.192. The number of fused-ring (bicyclic) bond motifs is 1. The zero-order valence-corrected chi connectivity index (χ0v) is 17.7. The van der Waals surface area contributed by atoms with Gasteiger partial charge in [-0.2, -0.15) is 0 Å². The SMILES string of the molecule is CCOC(=O)Cc1ccc(NC(=C2C(=O)Nc3cc(Cl)ccc32)c2ccccc2)cc1. The summed E-state index contributed by atoms with van der Waals surface area (Å²) in [6.07, 6.45) is 0.220. The quantitative estimate of drug-likeness (QED) is 0.405. The summed E-state index contributed by atoms with van der Waals surface area (Å²) in [5.41, 5.74) is 5.26. The maximum Gasteiger partial charge on any atom is 0.310 e. The summed E-state index contributed by atoms with van der Waals surface area (Å²) in [7, 11) is 0. The molecule has 3 aromatic carbocycles. The van der Waals surface area contributed by atoms with Gasteiger partial charge in [0.1, 0.15) is 0 Å². The highest BCUT2D eigenvalue weighted by Gasteiger charge is 2.28. The number of benzene rings is 3. The predicted molar refractivity (Wildman–Crippen MR) is 124 cm³/mol. The number of carbonyl (C=O) groups excluding carboxylic acids is 2. The third kappa shape index (κ3) is 4.62. The molecule has 0 radical (unpaired) electrons. The third-order valence-corrected chi connectivity index (χ3v) is 5.15. The molecular formula is C25H21ClN2O3. The van der Waals surface area contributed by atoms with Crippen molar-refractivity contribution in [1.82, 2.24) is 0 Å². The first-order valence-corrected chi connectivity index (χ1v) is 10.4. The van der Waals surface area contributed by atoms with Gasteiger partial charge in [-0.1, -0.05) is 60.1 Å². The Morgan fingerprint density at radius 3 is 2.48 bits per heavy atom. The average molecular weight is 433 g/mol. The highest BCUT2D eigenvalue weighted by atomic mass is 35.5. The van der Waals surface area contributed by atoms with Crippen molar-refractivity contribution in [1.29, 1.82) is 0 Å². The van der Waals surface area contributed by atoms with Crippen molar-refractivity contribution in [2.75, 3.05) is 17.2 Å². The lowest BCUT2D eigenvalue weighted by molar-refractivity contribution is -0.142. The van der Waals surface area contributed by atoms with E-state index in [2.05, 4.69) is 10.6 Å². The molecule has 2 N–H and O–H groups in total. The summed E-state index contributed by atoms with van der Waals surface area (Å²) in [6, 6.07) is 22.5. The van der Waals surface area contributed by atoms with Crippen LogP contribution in [0, 0.1) is 0 Å². The first-order valence-electron chi connectivity index (χ1n) is 9.97. The van der Waals surface area contributed by atoms with E-state index in [0.717, 1.165) is 22.4 Å². The molecule has 6 heteroatoms. The molecule has 0 spiro atoms. The molecular weight excluding hydrogens is 412 g/mol. The van der Waals surface area contributed by atoms with E-state index in [1.54, 1.807) is 19.1 Å². The summed E-state index contributed by atoms with van der Waals surface area (Å²) in [5.74, 6) is -0.448. The molecule has 3 aromatic rings. The van der Waals surface area contributed by atoms with Gasteiger partial charge in [-0.25, -0.2) is 0 Å². The molecule has 0 saturated carbocycles. The molecule has 0 unspecified atom stereocenters. The number of rotatable bonds is 6.